The number of H-pyrrole nitrogens is 1. The van der Waals surface area contributed by atoms with E-state index in [1.165, 1.54) is 0 Å². The van der Waals surface area contributed by atoms with Crippen LogP contribution >= 0.6 is 11.6 Å². The average molecular weight is 210 g/mol. The minimum absolute atomic E-state index is 0.585. The van der Waals surface area contributed by atoms with Crippen molar-refractivity contribution >= 4 is 28.2 Å². The van der Waals surface area contributed by atoms with Crippen molar-refractivity contribution in [2.45, 2.75) is 6.42 Å². The highest BCUT2D eigenvalue weighted by Crippen LogP contribution is 2.28. The zero-order valence-electron chi connectivity index (χ0n) is 7.68. The molecule has 0 atom stereocenters. The Kier molecular flexibility index (Phi) is 2.35. The lowest BCUT2D eigenvalue weighted by atomic mass is 10.2. The monoisotopic (exact) mass is 209 g/mol. The third-order valence-electron chi connectivity index (χ3n) is 2.22. The van der Waals surface area contributed by atoms with Crippen molar-refractivity contribution in [1.29, 1.82) is 0 Å². The molecule has 0 fully saturated rings. The van der Waals surface area contributed by atoms with Gasteiger partial charge in [0.25, 0.3) is 0 Å². The van der Waals surface area contributed by atoms with E-state index in [2.05, 4.69) is 4.98 Å². The molecule has 74 valence electrons. The van der Waals surface area contributed by atoms with Gasteiger partial charge in [-0.15, -0.1) is 0 Å². The number of halogens is 1. The number of aromatic nitrogens is 1. The Morgan fingerprint density at radius 1 is 1.36 bits per heavy atom. The highest BCUT2D eigenvalue weighted by molar-refractivity contribution is 6.36. The van der Waals surface area contributed by atoms with Crippen molar-refractivity contribution in [1.82, 2.24) is 4.98 Å². The maximum Gasteiger partial charge on any atom is 0.0693 e. The van der Waals surface area contributed by atoms with Crippen LogP contribution in [0.1, 0.15) is 5.69 Å². The Balaban J connectivity index is 2.62. The zero-order valence-corrected chi connectivity index (χ0v) is 8.43. The number of nitrogen functional groups attached to an aromatic ring is 1. The number of hydrogen-bond acceptors (Lipinski definition) is 2. The molecule has 1 aromatic heterocycles. The van der Waals surface area contributed by atoms with E-state index in [1.54, 1.807) is 0 Å². The van der Waals surface area contributed by atoms with Crippen LogP contribution in [0.2, 0.25) is 5.02 Å². The SMILES string of the molecule is NCCc1[nH]c2ccc(N)cc2c1Cl. The number of aromatic amines is 1. The minimum Gasteiger partial charge on any atom is -0.399 e. The molecule has 0 saturated carbocycles. The van der Waals surface area contributed by atoms with Gasteiger partial charge in [0.15, 0.2) is 0 Å². The van der Waals surface area contributed by atoms with Gasteiger partial charge in [0.1, 0.15) is 0 Å². The van der Waals surface area contributed by atoms with E-state index in [0.717, 1.165) is 33.7 Å². The highest BCUT2D eigenvalue weighted by atomic mass is 35.5. The maximum atomic E-state index is 6.17. The Labute approximate surface area is 87.0 Å². The molecule has 0 saturated heterocycles. The second-order valence-electron chi connectivity index (χ2n) is 3.26. The van der Waals surface area contributed by atoms with Crippen LogP contribution in [0.25, 0.3) is 10.9 Å². The lowest BCUT2D eigenvalue weighted by molar-refractivity contribution is 0.940. The predicted octanol–water partition coefficient (Wildman–Crippen LogP) is 1.90. The van der Waals surface area contributed by atoms with Crippen LogP contribution in [-0.4, -0.2) is 11.5 Å². The summed E-state index contributed by atoms with van der Waals surface area (Å²) >= 11 is 6.17. The van der Waals surface area contributed by atoms with Crippen molar-refractivity contribution < 1.29 is 0 Å². The maximum absolute atomic E-state index is 6.17. The third-order valence-corrected chi connectivity index (χ3v) is 2.66. The van der Waals surface area contributed by atoms with E-state index < -0.39 is 0 Å². The van der Waals surface area contributed by atoms with Gasteiger partial charge in [-0.1, -0.05) is 11.6 Å². The highest BCUT2D eigenvalue weighted by Gasteiger charge is 2.08. The van der Waals surface area contributed by atoms with Gasteiger partial charge < -0.3 is 16.5 Å². The van der Waals surface area contributed by atoms with E-state index in [4.69, 9.17) is 23.1 Å². The molecule has 4 heteroatoms. The molecule has 0 aliphatic carbocycles. The summed E-state index contributed by atoms with van der Waals surface area (Å²) in [5.74, 6) is 0. The number of benzene rings is 1. The first kappa shape index (κ1) is 9.37. The summed E-state index contributed by atoms with van der Waals surface area (Å²) in [6.07, 6.45) is 0.757. The number of nitrogens with one attached hydrogen (secondary N) is 1. The molecule has 1 heterocycles. The predicted molar refractivity (Wildman–Crippen MR) is 60.5 cm³/mol. The molecular weight excluding hydrogens is 198 g/mol. The molecule has 3 nitrogen and oxygen atoms in total. The summed E-state index contributed by atoms with van der Waals surface area (Å²) in [6, 6.07) is 5.64. The Morgan fingerprint density at radius 2 is 2.14 bits per heavy atom. The molecule has 0 unspecified atom stereocenters. The van der Waals surface area contributed by atoms with Crippen molar-refractivity contribution in [2.24, 2.45) is 5.73 Å². The molecule has 0 bridgehead atoms. The first-order chi connectivity index (χ1) is 6.72. The van der Waals surface area contributed by atoms with E-state index >= 15 is 0 Å². The largest absolute Gasteiger partial charge is 0.399 e. The van der Waals surface area contributed by atoms with Crippen LogP contribution < -0.4 is 11.5 Å². The second-order valence-corrected chi connectivity index (χ2v) is 3.64. The van der Waals surface area contributed by atoms with Crippen molar-refractivity contribution in [3.63, 3.8) is 0 Å². The van der Waals surface area contributed by atoms with Gasteiger partial charge >= 0.3 is 0 Å². The molecule has 0 aliphatic rings. The smallest absolute Gasteiger partial charge is 0.0693 e. The molecule has 0 radical (unpaired) electrons. The first-order valence-corrected chi connectivity index (χ1v) is 4.86. The minimum atomic E-state index is 0.585. The van der Waals surface area contributed by atoms with Gasteiger partial charge in [-0.3, -0.25) is 0 Å². The summed E-state index contributed by atoms with van der Waals surface area (Å²) < 4.78 is 0. The molecular formula is C10H12ClN3. The van der Waals surface area contributed by atoms with Gasteiger partial charge in [0.2, 0.25) is 0 Å². The zero-order chi connectivity index (χ0) is 10.1. The van der Waals surface area contributed by atoms with Crippen molar-refractivity contribution in [2.75, 3.05) is 12.3 Å². The van der Waals surface area contributed by atoms with Crippen LogP contribution in [-0.2, 0) is 6.42 Å². The summed E-state index contributed by atoms with van der Waals surface area (Å²) in [7, 11) is 0. The molecule has 14 heavy (non-hydrogen) atoms. The number of nitrogens with two attached hydrogens (primary N) is 2. The topological polar surface area (TPSA) is 67.8 Å². The number of anilines is 1. The normalized spacial score (nSPS) is 11.0. The van der Waals surface area contributed by atoms with Crippen LogP contribution in [0.15, 0.2) is 18.2 Å². The van der Waals surface area contributed by atoms with Crippen LogP contribution in [0, 0.1) is 0 Å². The van der Waals surface area contributed by atoms with Crippen molar-refractivity contribution in [3.05, 3.63) is 28.9 Å². The fourth-order valence-corrected chi connectivity index (χ4v) is 1.85. The molecule has 2 aromatic rings. The quantitative estimate of drug-likeness (QED) is 0.662. The number of hydrogen-bond donors (Lipinski definition) is 3. The third kappa shape index (κ3) is 1.45. The van der Waals surface area contributed by atoms with Gasteiger partial charge in [-0.25, -0.2) is 0 Å². The molecule has 0 aliphatic heterocycles. The Hall–Kier alpha value is -1.19. The average Bonchev–Trinajstić information content (AvgIpc) is 2.46. The first-order valence-electron chi connectivity index (χ1n) is 4.48. The fraction of sp³-hybridized carbons (Fsp3) is 0.200. The lowest BCUT2D eigenvalue weighted by Crippen LogP contribution is -2.02. The van der Waals surface area contributed by atoms with E-state index in [1.807, 2.05) is 18.2 Å². The van der Waals surface area contributed by atoms with Crippen LogP contribution in [0.5, 0.6) is 0 Å². The molecule has 2 rings (SSSR count). The summed E-state index contributed by atoms with van der Waals surface area (Å²) in [5.41, 5.74) is 13.9. The standard InChI is InChI=1S/C10H12ClN3/c11-10-7-5-6(13)1-2-8(7)14-9(10)3-4-12/h1-2,5,14H,3-4,12-13H2. The van der Waals surface area contributed by atoms with Crippen LogP contribution in [0.4, 0.5) is 5.69 Å². The van der Waals surface area contributed by atoms with Gasteiger partial charge in [0, 0.05) is 28.7 Å². The summed E-state index contributed by atoms with van der Waals surface area (Å²) in [6.45, 7) is 0.585. The van der Waals surface area contributed by atoms with E-state index in [0.29, 0.717) is 6.54 Å². The van der Waals surface area contributed by atoms with Gasteiger partial charge in [-0.2, -0.15) is 0 Å². The van der Waals surface area contributed by atoms with E-state index in [9.17, 15) is 0 Å². The second kappa shape index (κ2) is 3.52. The van der Waals surface area contributed by atoms with E-state index in [-0.39, 0.29) is 0 Å². The van der Waals surface area contributed by atoms with Gasteiger partial charge in [0.05, 0.1) is 5.02 Å². The number of fused-ring (bicyclic) bond motifs is 1. The number of rotatable bonds is 2. The molecule has 0 amide bonds. The van der Waals surface area contributed by atoms with Crippen molar-refractivity contribution in [3.8, 4) is 0 Å². The molecule has 5 N–H and O–H groups in total. The molecule has 0 spiro atoms. The van der Waals surface area contributed by atoms with Crippen LogP contribution in [0.3, 0.4) is 0 Å². The Bertz CT molecular complexity index is 462. The Morgan fingerprint density at radius 3 is 2.86 bits per heavy atom. The summed E-state index contributed by atoms with van der Waals surface area (Å²) in [4.78, 5) is 3.22. The van der Waals surface area contributed by atoms with Gasteiger partial charge in [-0.05, 0) is 24.7 Å². The summed E-state index contributed by atoms with van der Waals surface area (Å²) in [5, 5.41) is 1.70. The lowest BCUT2D eigenvalue weighted by Gasteiger charge is -1.93. The molecule has 1 aromatic carbocycles. The fourth-order valence-electron chi connectivity index (χ4n) is 1.55.